The number of hydrogen-bond donors (Lipinski definition) is 3. The third-order valence-corrected chi connectivity index (χ3v) is 4.17. The Morgan fingerprint density at radius 3 is 2.26 bits per heavy atom. The van der Waals surface area contributed by atoms with Crippen molar-refractivity contribution in [2.75, 3.05) is 18.5 Å². The number of nitrogens with one attached hydrogen (secondary N) is 2. The van der Waals surface area contributed by atoms with Crippen LogP contribution in [0.5, 0.6) is 0 Å². The maximum absolute atomic E-state index is 15.1. The van der Waals surface area contributed by atoms with Crippen molar-refractivity contribution in [1.82, 2.24) is 10.5 Å². The fourth-order valence-electron chi connectivity index (χ4n) is 2.69. The summed E-state index contributed by atoms with van der Waals surface area (Å²) in [6, 6.07) is 4.84. The maximum Gasteiger partial charge on any atom is 0.329 e. The van der Waals surface area contributed by atoms with Crippen molar-refractivity contribution in [3.63, 3.8) is 0 Å². The fraction of sp³-hybridized carbons (Fsp3) is 0.348. The minimum Gasteiger partial charge on any atom is -0.394 e. The van der Waals surface area contributed by atoms with Crippen LogP contribution in [0.15, 0.2) is 24.3 Å². The number of benzene rings is 2. The first kappa shape index (κ1) is 29.4. The van der Waals surface area contributed by atoms with Gasteiger partial charge in [-0.05, 0) is 30.7 Å². The second kappa shape index (κ2) is 13.9. The summed E-state index contributed by atoms with van der Waals surface area (Å²) in [5.41, 5.74) is 0.567. The number of aryl methyl sites for hydroxylation is 1. The quantitative estimate of drug-likeness (QED) is 0.375. The molecule has 0 aliphatic rings. The number of hydroxylamine groups is 3. The summed E-state index contributed by atoms with van der Waals surface area (Å²) in [4.78, 5) is 44.9. The summed E-state index contributed by atoms with van der Waals surface area (Å²) < 4.78 is 44.2. The summed E-state index contributed by atoms with van der Waals surface area (Å²) >= 11 is 0. The van der Waals surface area contributed by atoms with E-state index in [1.165, 1.54) is 12.1 Å². The van der Waals surface area contributed by atoms with Crippen LogP contribution >= 0.6 is 0 Å². The molecule has 35 heavy (non-hydrogen) atoms. The lowest BCUT2D eigenvalue weighted by Gasteiger charge is -2.21. The normalized spacial score (nSPS) is 10.1. The molecule has 0 saturated carbocycles. The highest BCUT2D eigenvalue weighted by Crippen LogP contribution is 2.31. The number of hydrogen-bond acceptors (Lipinski definition) is 7. The highest BCUT2D eigenvalue weighted by Gasteiger charge is 2.26. The van der Waals surface area contributed by atoms with Crippen LogP contribution < -0.4 is 10.8 Å². The number of halogens is 3. The second-order valence-corrected chi connectivity index (χ2v) is 6.84. The van der Waals surface area contributed by atoms with Crippen LogP contribution in [0.1, 0.15) is 49.2 Å². The predicted molar refractivity (Wildman–Crippen MR) is 121 cm³/mol. The van der Waals surface area contributed by atoms with Gasteiger partial charge in [0.05, 0.1) is 36.7 Å². The summed E-state index contributed by atoms with van der Waals surface area (Å²) in [6.07, 6.45) is 0. The van der Waals surface area contributed by atoms with E-state index in [4.69, 9.17) is 9.94 Å². The van der Waals surface area contributed by atoms with E-state index in [1.54, 1.807) is 6.92 Å². The van der Waals surface area contributed by atoms with Gasteiger partial charge < -0.3 is 15.3 Å². The first-order chi connectivity index (χ1) is 16.5. The fourth-order valence-corrected chi connectivity index (χ4v) is 2.69. The number of aliphatic hydroxyl groups excluding tert-OH is 1. The van der Waals surface area contributed by atoms with Gasteiger partial charge in [0.1, 0.15) is 5.82 Å². The molecule has 0 aromatic heterocycles. The lowest BCUT2D eigenvalue weighted by Crippen LogP contribution is -2.31. The third-order valence-electron chi connectivity index (χ3n) is 4.17. The van der Waals surface area contributed by atoms with Gasteiger partial charge in [0.15, 0.2) is 11.6 Å². The average Bonchev–Trinajstić information content (AvgIpc) is 2.80. The van der Waals surface area contributed by atoms with Gasteiger partial charge >= 0.3 is 5.97 Å². The molecule has 2 amide bonds. The Balaban J connectivity index is 0.00000298. The Morgan fingerprint density at radius 1 is 1.06 bits per heavy atom. The average molecular weight is 499 g/mol. The third kappa shape index (κ3) is 8.26. The van der Waals surface area contributed by atoms with Crippen molar-refractivity contribution in [2.24, 2.45) is 0 Å². The molecule has 2 aromatic rings. The highest BCUT2D eigenvalue weighted by atomic mass is 19.2. The molecular formula is C23H28F3N3O6. The van der Waals surface area contributed by atoms with Crippen molar-refractivity contribution < 1.29 is 42.3 Å². The molecule has 192 valence electrons. The summed E-state index contributed by atoms with van der Waals surface area (Å²) in [7, 11) is 0. The van der Waals surface area contributed by atoms with E-state index < -0.39 is 65.2 Å². The van der Waals surface area contributed by atoms with Crippen LogP contribution in [0.25, 0.3) is 0 Å². The molecule has 0 heterocycles. The molecule has 0 atom stereocenters. The number of amides is 2. The molecule has 0 spiro atoms. The first-order valence-corrected chi connectivity index (χ1v) is 10.6. The van der Waals surface area contributed by atoms with Crippen LogP contribution in [-0.4, -0.2) is 41.2 Å². The van der Waals surface area contributed by atoms with Crippen molar-refractivity contribution in [3.05, 3.63) is 58.4 Å². The molecule has 0 radical (unpaired) electrons. The summed E-state index contributed by atoms with van der Waals surface area (Å²) in [6.45, 7) is 6.23. The SMILES string of the molecule is CC.CC(=O)ON(Cc1cc(C(=O)NOCCO)c(Nc2ccc(C)cc2F)c(F)c1F)C(C)=O. The molecule has 0 fully saturated rings. The Hall–Kier alpha value is -3.64. The van der Waals surface area contributed by atoms with Crippen molar-refractivity contribution in [3.8, 4) is 0 Å². The molecule has 2 rings (SSSR count). The van der Waals surface area contributed by atoms with Crippen LogP contribution in [0.2, 0.25) is 0 Å². The molecule has 0 unspecified atom stereocenters. The van der Waals surface area contributed by atoms with Crippen LogP contribution in [0.3, 0.4) is 0 Å². The molecular weight excluding hydrogens is 471 g/mol. The van der Waals surface area contributed by atoms with Gasteiger partial charge in [-0.1, -0.05) is 19.9 Å². The predicted octanol–water partition coefficient (Wildman–Crippen LogP) is 3.66. The number of carbonyl (C=O) groups is 3. The Kier molecular flexibility index (Phi) is 11.7. The van der Waals surface area contributed by atoms with Gasteiger partial charge in [0, 0.05) is 19.4 Å². The standard InChI is InChI=1S/C21H22F3N3O6.C2H6/c1-11-4-5-17(16(22)8-11)25-20-15(21(31)26-32-7-6-28)9-14(18(23)19(20)24)10-27(12(2)29)33-13(3)30;1-2/h4-5,8-9,25,28H,6-7,10H2,1-3H3,(H,26,31);1-2H3. The molecule has 2 aromatic carbocycles. The minimum absolute atomic E-state index is 0.234. The lowest BCUT2D eigenvalue weighted by molar-refractivity contribution is -0.197. The molecule has 0 saturated heterocycles. The van der Waals surface area contributed by atoms with E-state index >= 15 is 4.39 Å². The highest BCUT2D eigenvalue weighted by molar-refractivity contribution is 6.00. The van der Waals surface area contributed by atoms with Crippen molar-refractivity contribution in [2.45, 2.75) is 41.2 Å². The zero-order valence-corrected chi connectivity index (χ0v) is 20.0. The molecule has 0 bridgehead atoms. The maximum atomic E-state index is 15.1. The summed E-state index contributed by atoms with van der Waals surface area (Å²) in [5, 5.41) is 11.6. The van der Waals surface area contributed by atoms with Gasteiger partial charge in [-0.2, -0.15) is 5.06 Å². The van der Waals surface area contributed by atoms with Crippen LogP contribution in [0.4, 0.5) is 24.5 Å². The second-order valence-electron chi connectivity index (χ2n) is 6.84. The topological polar surface area (TPSA) is 117 Å². The minimum atomic E-state index is -1.55. The van der Waals surface area contributed by atoms with E-state index in [1.807, 2.05) is 19.3 Å². The van der Waals surface area contributed by atoms with Crippen LogP contribution in [-0.2, 0) is 25.8 Å². The number of aliphatic hydroxyl groups is 1. The largest absolute Gasteiger partial charge is 0.394 e. The van der Waals surface area contributed by atoms with E-state index in [0.29, 0.717) is 10.6 Å². The Bertz CT molecular complexity index is 1070. The van der Waals surface area contributed by atoms with Crippen molar-refractivity contribution >= 4 is 29.2 Å². The molecule has 3 N–H and O–H groups in total. The number of carbonyl (C=O) groups excluding carboxylic acids is 3. The van der Waals surface area contributed by atoms with Gasteiger partial charge in [0.2, 0.25) is 0 Å². The zero-order valence-electron chi connectivity index (χ0n) is 20.0. The smallest absolute Gasteiger partial charge is 0.329 e. The van der Waals surface area contributed by atoms with E-state index in [0.717, 1.165) is 26.0 Å². The Morgan fingerprint density at radius 2 is 1.71 bits per heavy atom. The van der Waals surface area contributed by atoms with Gasteiger partial charge in [-0.15, -0.1) is 0 Å². The van der Waals surface area contributed by atoms with E-state index in [9.17, 15) is 23.2 Å². The molecule has 0 aliphatic carbocycles. The van der Waals surface area contributed by atoms with Gasteiger partial charge in [-0.25, -0.2) is 18.7 Å². The lowest BCUT2D eigenvalue weighted by atomic mass is 10.0. The number of anilines is 2. The monoisotopic (exact) mass is 499 g/mol. The number of rotatable bonds is 8. The van der Waals surface area contributed by atoms with Gasteiger partial charge in [-0.3, -0.25) is 19.2 Å². The molecule has 0 aliphatic heterocycles. The molecule has 12 heteroatoms. The van der Waals surface area contributed by atoms with E-state index in [-0.39, 0.29) is 12.3 Å². The van der Waals surface area contributed by atoms with Crippen LogP contribution in [0, 0.1) is 24.4 Å². The first-order valence-electron chi connectivity index (χ1n) is 10.6. The summed E-state index contributed by atoms with van der Waals surface area (Å²) in [5.74, 6) is -6.51. The van der Waals surface area contributed by atoms with Crippen molar-refractivity contribution in [1.29, 1.82) is 0 Å². The van der Waals surface area contributed by atoms with Gasteiger partial charge in [0.25, 0.3) is 11.8 Å². The Labute approximate surface area is 200 Å². The molecule has 9 nitrogen and oxygen atoms in total. The number of nitrogens with zero attached hydrogens (tertiary/aromatic N) is 1. The zero-order chi connectivity index (χ0) is 26.7. The van der Waals surface area contributed by atoms with E-state index in [2.05, 4.69) is 10.2 Å².